The third-order valence-electron chi connectivity index (χ3n) is 7.08. The summed E-state index contributed by atoms with van der Waals surface area (Å²) in [5.41, 5.74) is 0.0603. The van der Waals surface area contributed by atoms with Crippen LogP contribution >= 0.6 is 0 Å². The lowest BCUT2D eigenvalue weighted by molar-refractivity contribution is -0.147. The molecular formula is C32H39N5O7. The summed E-state index contributed by atoms with van der Waals surface area (Å²) in [6.07, 6.45) is 0.436. The van der Waals surface area contributed by atoms with Crippen LogP contribution in [0, 0.1) is 17.2 Å². The normalized spacial score (nSPS) is 13.6. The van der Waals surface area contributed by atoms with Crippen LogP contribution in [0.4, 0.5) is 0 Å². The number of hydrogen-bond donors (Lipinski definition) is 5. The van der Waals surface area contributed by atoms with Crippen molar-refractivity contribution >= 4 is 35.4 Å². The fraction of sp³-hybridized carbons (Fsp3) is 0.406. The number of nitrogens with one attached hydrogen (secondary N) is 4. The maximum absolute atomic E-state index is 13.3. The van der Waals surface area contributed by atoms with Gasteiger partial charge in [-0.05, 0) is 49.9 Å². The van der Waals surface area contributed by atoms with Crippen molar-refractivity contribution in [3.05, 3.63) is 71.3 Å². The van der Waals surface area contributed by atoms with E-state index in [1.165, 1.54) is 20.8 Å². The average molecular weight is 606 g/mol. The number of carbonyl (C=O) groups excluding carboxylic acids is 5. The second-order valence-corrected chi connectivity index (χ2v) is 11.1. The number of nitrogens with zero attached hydrogens (tertiary/aromatic N) is 1. The smallest absolute Gasteiger partial charge is 0.328 e. The number of ketones is 1. The Labute approximate surface area is 256 Å². The topological polar surface area (TPSA) is 195 Å². The molecule has 2 rings (SSSR count). The first kappa shape index (κ1) is 35.1. The Kier molecular flexibility index (Phi) is 12.8. The van der Waals surface area contributed by atoms with E-state index < -0.39 is 65.0 Å². The minimum Gasteiger partial charge on any atom is -0.480 e. The van der Waals surface area contributed by atoms with E-state index in [9.17, 15) is 39.1 Å². The third kappa shape index (κ3) is 10.3. The Balaban J connectivity index is 2.18. The van der Waals surface area contributed by atoms with Crippen LogP contribution in [-0.4, -0.2) is 64.2 Å². The van der Waals surface area contributed by atoms with Crippen molar-refractivity contribution in [2.45, 2.75) is 77.5 Å². The van der Waals surface area contributed by atoms with Gasteiger partial charge in [0.25, 0.3) is 5.91 Å². The molecule has 0 aliphatic carbocycles. The van der Waals surface area contributed by atoms with Gasteiger partial charge in [0.05, 0.1) is 24.1 Å². The molecule has 12 nitrogen and oxygen atoms in total. The van der Waals surface area contributed by atoms with Gasteiger partial charge in [-0.3, -0.25) is 24.0 Å². The summed E-state index contributed by atoms with van der Waals surface area (Å²) in [6, 6.07) is 13.7. The summed E-state index contributed by atoms with van der Waals surface area (Å²) < 4.78 is 0. The van der Waals surface area contributed by atoms with Gasteiger partial charge >= 0.3 is 5.97 Å². The van der Waals surface area contributed by atoms with E-state index in [0.717, 1.165) is 5.56 Å². The quantitative estimate of drug-likeness (QED) is 0.188. The van der Waals surface area contributed by atoms with E-state index in [1.54, 1.807) is 62.4 Å². The van der Waals surface area contributed by atoms with Gasteiger partial charge in [-0.1, -0.05) is 62.7 Å². The summed E-state index contributed by atoms with van der Waals surface area (Å²) in [7, 11) is 0. The van der Waals surface area contributed by atoms with Gasteiger partial charge < -0.3 is 26.4 Å². The summed E-state index contributed by atoms with van der Waals surface area (Å²) >= 11 is 0. The molecule has 4 atom stereocenters. The molecule has 0 spiro atoms. The van der Waals surface area contributed by atoms with Crippen LogP contribution < -0.4 is 21.3 Å². The van der Waals surface area contributed by atoms with E-state index in [4.69, 9.17) is 0 Å². The number of rotatable bonds is 15. The molecule has 0 saturated carbocycles. The first-order chi connectivity index (χ1) is 20.7. The molecule has 0 aliphatic heterocycles. The van der Waals surface area contributed by atoms with Crippen molar-refractivity contribution < 1.29 is 33.9 Å². The summed E-state index contributed by atoms with van der Waals surface area (Å²) in [6.45, 7) is 7.31. The van der Waals surface area contributed by atoms with E-state index in [-0.39, 0.29) is 12.8 Å². The fourth-order valence-corrected chi connectivity index (χ4v) is 4.17. The number of carboxylic acids is 1. The Morgan fingerprint density at radius 3 is 2.11 bits per heavy atom. The number of amides is 4. The molecule has 0 bridgehead atoms. The molecule has 0 heterocycles. The minimum absolute atomic E-state index is 0.00249. The molecular weight excluding hydrogens is 566 g/mol. The highest BCUT2D eigenvalue weighted by atomic mass is 16.4. The molecule has 4 amide bonds. The summed E-state index contributed by atoms with van der Waals surface area (Å²) in [5, 5.41) is 28.5. The molecule has 4 unspecified atom stereocenters. The molecule has 0 fully saturated rings. The lowest BCUT2D eigenvalue weighted by Gasteiger charge is -2.28. The molecule has 0 aliphatic rings. The predicted molar refractivity (Wildman–Crippen MR) is 161 cm³/mol. The highest BCUT2D eigenvalue weighted by Gasteiger charge is 2.36. The number of carbonyl (C=O) groups is 6. The largest absolute Gasteiger partial charge is 0.480 e. The lowest BCUT2D eigenvalue weighted by Crippen LogP contribution is -2.60. The fourth-order valence-electron chi connectivity index (χ4n) is 4.17. The van der Waals surface area contributed by atoms with E-state index in [0.29, 0.717) is 17.5 Å². The highest BCUT2D eigenvalue weighted by Crippen LogP contribution is 2.12. The van der Waals surface area contributed by atoms with E-state index >= 15 is 0 Å². The number of benzene rings is 2. The lowest BCUT2D eigenvalue weighted by atomic mass is 9.96. The Bertz CT molecular complexity index is 1420. The summed E-state index contributed by atoms with van der Waals surface area (Å²) in [5.74, 6) is -5.87. The first-order valence-electron chi connectivity index (χ1n) is 14.2. The van der Waals surface area contributed by atoms with Gasteiger partial charge in [-0.25, -0.2) is 4.79 Å². The molecule has 0 aromatic heterocycles. The number of Topliss-reactive ketones (excluding diaryl/α,β-unsaturated/α-hetero) is 1. The standard InChI is InChI=1S/C32H39N5O7/c1-6-19(2)26(29(41)37-32(4,5)31(43)44)36-30(42)27(39)20(3)34-28(40)24(16-22-13-10-14-23(15-22)18-33)35-25(38)17-21-11-8-7-9-12-21/h7-15,19-20,24,26H,6,16-17H2,1-5H3,(H,34,40)(H,35,38)(H,36,42)(H,37,41)(H,43,44). The van der Waals surface area contributed by atoms with Crippen LogP contribution in [0.1, 0.15) is 57.7 Å². The van der Waals surface area contributed by atoms with Crippen LogP contribution in [0.5, 0.6) is 0 Å². The van der Waals surface area contributed by atoms with E-state index in [1.807, 2.05) is 12.1 Å². The van der Waals surface area contributed by atoms with Gasteiger partial charge in [0.1, 0.15) is 17.6 Å². The molecule has 5 N–H and O–H groups in total. The summed E-state index contributed by atoms with van der Waals surface area (Å²) in [4.78, 5) is 76.4. The number of nitriles is 1. The van der Waals surface area contributed by atoms with Crippen LogP contribution in [0.2, 0.25) is 0 Å². The molecule has 0 saturated heterocycles. The molecule has 0 radical (unpaired) electrons. The van der Waals surface area contributed by atoms with Crippen LogP contribution in [0.3, 0.4) is 0 Å². The monoisotopic (exact) mass is 605 g/mol. The van der Waals surface area contributed by atoms with Gasteiger partial charge in [-0.15, -0.1) is 0 Å². The Hall–Kier alpha value is -5.05. The van der Waals surface area contributed by atoms with E-state index in [2.05, 4.69) is 21.3 Å². The minimum atomic E-state index is -1.62. The zero-order valence-electron chi connectivity index (χ0n) is 25.5. The third-order valence-corrected chi connectivity index (χ3v) is 7.08. The predicted octanol–water partition coefficient (Wildman–Crippen LogP) is 1.41. The van der Waals surface area contributed by atoms with Crippen molar-refractivity contribution in [3.8, 4) is 6.07 Å². The molecule has 2 aromatic rings. The van der Waals surface area contributed by atoms with Crippen molar-refractivity contribution in [2.75, 3.05) is 0 Å². The zero-order chi connectivity index (χ0) is 33.0. The van der Waals surface area contributed by atoms with Crippen molar-refractivity contribution in [3.63, 3.8) is 0 Å². The van der Waals surface area contributed by atoms with Gasteiger partial charge in [0.2, 0.25) is 23.5 Å². The first-order valence-corrected chi connectivity index (χ1v) is 14.2. The molecule has 44 heavy (non-hydrogen) atoms. The second kappa shape index (κ2) is 16.0. The van der Waals surface area contributed by atoms with Gasteiger partial charge in [0.15, 0.2) is 0 Å². The number of aliphatic carboxylic acids is 1. The SMILES string of the molecule is CCC(C)C(NC(=O)C(=O)C(C)NC(=O)C(Cc1cccc(C#N)c1)NC(=O)Cc1ccccc1)C(=O)NC(C)(C)C(=O)O. The maximum Gasteiger partial charge on any atom is 0.328 e. The Morgan fingerprint density at radius 1 is 0.886 bits per heavy atom. The van der Waals surface area contributed by atoms with Crippen LogP contribution in [-0.2, 0) is 41.6 Å². The molecule has 12 heteroatoms. The Morgan fingerprint density at radius 2 is 1.52 bits per heavy atom. The number of carboxylic acid groups (broad SMARTS) is 1. The van der Waals surface area contributed by atoms with Crippen molar-refractivity contribution in [2.24, 2.45) is 5.92 Å². The average Bonchev–Trinajstić information content (AvgIpc) is 2.98. The van der Waals surface area contributed by atoms with Gasteiger partial charge in [-0.2, -0.15) is 5.26 Å². The van der Waals surface area contributed by atoms with Crippen LogP contribution in [0.25, 0.3) is 0 Å². The van der Waals surface area contributed by atoms with Crippen molar-refractivity contribution in [1.82, 2.24) is 21.3 Å². The highest BCUT2D eigenvalue weighted by molar-refractivity contribution is 6.38. The zero-order valence-corrected chi connectivity index (χ0v) is 25.5. The van der Waals surface area contributed by atoms with Crippen LogP contribution in [0.15, 0.2) is 54.6 Å². The molecule has 2 aromatic carbocycles. The molecule has 234 valence electrons. The van der Waals surface area contributed by atoms with Gasteiger partial charge in [0, 0.05) is 6.42 Å². The maximum atomic E-state index is 13.3. The second-order valence-electron chi connectivity index (χ2n) is 11.1. The number of hydrogen-bond acceptors (Lipinski definition) is 7. The van der Waals surface area contributed by atoms with Crippen molar-refractivity contribution in [1.29, 1.82) is 5.26 Å².